The molecule has 8 nitrogen and oxygen atoms in total. The number of nitrogens with zero attached hydrogens (tertiary/aromatic N) is 3. The summed E-state index contributed by atoms with van der Waals surface area (Å²) in [6.45, 7) is 7.94. The highest BCUT2D eigenvalue weighted by Gasteiger charge is 2.18. The van der Waals surface area contributed by atoms with Crippen molar-refractivity contribution in [2.24, 2.45) is 0 Å². The van der Waals surface area contributed by atoms with Crippen LogP contribution in [0.15, 0.2) is 27.4 Å². The fourth-order valence-electron chi connectivity index (χ4n) is 2.72. The fourth-order valence-corrected chi connectivity index (χ4v) is 2.72. The van der Waals surface area contributed by atoms with Crippen LogP contribution >= 0.6 is 0 Å². The van der Waals surface area contributed by atoms with E-state index in [4.69, 9.17) is 4.42 Å². The number of aromatic nitrogens is 1. The number of aliphatic hydroxyl groups is 1. The maximum Gasteiger partial charge on any atom is 0.419 e. The normalized spacial score (nSPS) is 12.2. The summed E-state index contributed by atoms with van der Waals surface area (Å²) in [7, 11) is 0. The lowest BCUT2D eigenvalue weighted by Crippen LogP contribution is -2.39. The van der Waals surface area contributed by atoms with E-state index in [0.29, 0.717) is 37.2 Å². The Bertz CT molecular complexity index is 772. The van der Waals surface area contributed by atoms with Gasteiger partial charge in [0.05, 0.1) is 16.0 Å². The minimum atomic E-state index is -0.782. The molecule has 132 valence electrons. The molecule has 1 heterocycles. The highest BCUT2D eigenvalue weighted by atomic mass is 16.6. The van der Waals surface area contributed by atoms with Gasteiger partial charge in [0, 0.05) is 25.2 Å². The first-order chi connectivity index (χ1) is 11.2. The van der Waals surface area contributed by atoms with E-state index >= 15 is 0 Å². The van der Waals surface area contributed by atoms with E-state index < -0.39 is 16.3 Å². The number of nitro benzene ring substituents is 1. The highest BCUT2D eigenvalue weighted by Crippen LogP contribution is 2.20. The Morgan fingerprint density at radius 3 is 2.71 bits per heavy atom. The number of non-ortho nitro benzene ring substituents is 1. The lowest BCUT2D eigenvalue weighted by Gasteiger charge is -2.27. The smallest absolute Gasteiger partial charge is 0.408 e. The fraction of sp³-hybridized carbons (Fsp3) is 0.562. The number of benzene rings is 1. The van der Waals surface area contributed by atoms with Crippen molar-refractivity contribution in [3.63, 3.8) is 0 Å². The maximum absolute atomic E-state index is 12.0. The Labute approximate surface area is 139 Å². The second-order valence-electron chi connectivity index (χ2n) is 6.46. The first-order valence-electron chi connectivity index (χ1n) is 7.94. The summed E-state index contributed by atoms with van der Waals surface area (Å²) in [4.78, 5) is 24.5. The van der Waals surface area contributed by atoms with Crippen LogP contribution in [0.2, 0.25) is 0 Å². The highest BCUT2D eigenvalue weighted by molar-refractivity contribution is 5.75. The number of rotatable bonds is 8. The van der Waals surface area contributed by atoms with Crippen LogP contribution in [-0.4, -0.2) is 44.7 Å². The molecule has 0 atom stereocenters. The van der Waals surface area contributed by atoms with E-state index in [1.807, 2.05) is 6.92 Å². The molecule has 0 unspecified atom stereocenters. The van der Waals surface area contributed by atoms with Crippen LogP contribution in [0, 0.1) is 10.1 Å². The minimum absolute atomic E-state index is 0.0748. The summed E-state index contributed by atoms with van der Waals surface area (Å²) < 4.78 is 6.55. The predicted octanol–water partition coefficient (Wildman–Crippen LogP) is 1.99. The lowest BCUT2D eigenvalue weighted by molar-refractivity contribution is -0.384. The zero-order chi connectivity index (χ0) is 17.9. The van der Waals surface area contributed by atoms with Crippen LogP contribution in [0.4, 0.5) is 5.69 Å². The Hall–Kier alpha value is -2.19. The summed E-state index contributed by atoms with van der Waals surface area (Å²) in [5.41, 5.74) is -0.0843. The minimum Gasteiger partial charge on any atom is -0.408 e. The molecule has 0 bridgehead atoms. The summed E-state index contributed by atoms with van der Waals surface area (Å²) >= 11 is 0. The lowest BCUT2D eigenvalue weighted by atomic mass is 10.1. The van der Waals surface area contributed by atoms with E-state index in [1.54, 1.807) is 13.8 Å². The van der Waals surface area contributed by atoms with Crippen LogP contribution in [0.3, 0.4) is 0 Å². The molecule has 0 spiro atoms. The van der Waals surface area contributed by atoms with Crippen LogP contribution < -0.4 is 5.76 Å². The Balaban J connectivity index is 2.12. The number of likely N-dealkylation sites (N-methyl/N-ethyl adjacent to an activating group) is 1. The molecule has 0 radical (unpaired) electrons. The zero-order valence-corrected chi connectivity index (χ0v) is 14.2. The molecule has 8 heteroatoms. The molecule has 1 aromatic carbocycles. The van der Waals surface area contributed by atoms with E-state index in [2.05, 4.69) is 4.90 Å². The average molecular weight is 337 g/mol. The first-order valence-corrected chi connectivity index (χ1v) is 7.94. The van der Waals surface area contributed by atoms with Crippen molar-refractivity contribution >= 4 is 16.8 Å². The zero-order valence-electron chi connectivity index (χ0n) is 14.2. The van der Waals surface area contributed by atoms with Gasteiger partial charge in [0.25, 0.3) is 5.69 Å². The topological polar surface area (TPSA) is 102 Å². The third-order valence-corrected chi connectivity index (χ3v) is 3.78. The van der Waals surface area contributed by atoms with E-state index in [1.165, 1.54) is 22.8 Å². The van der Waals surface area contributed by atoms with Gasteiger partial charge in [0.15, 0.2) is 5.58 Å². The molecule has 2 rings (SSSR count). The van der Waals surface area contributed by atoms with Gasteiger partial charge in [-0.3, -0.25) is 14.7 Å². The summed E-state index contributed by atoms with van der Waals surface area (Å²) in [6, 6.07) is 4.12. The molecule has 0 aliphatic rings. The third-order valence-electron chi connectivity index (χ3n) is 3.78. The molecule has 0 fully saturated rings. The summed E-state index contributed by atoms with van der Waals surface area (Å²) in [5, 5.41) is 20.8. The van der Waals surface area contributed by atoms with Gasteiger partial charge < -0.3 is 14.4 Å². The molecule has 0 saturated carbocycles. The molecule has 0 amide bonds. The predicted molar refractivity (Wildman–Crippen MR) is 90.2 cm³/mol. The van der Waals surface area contributed by atoms with Crippen molar-refractivity contribution in [1.29, 1.82) is 0 Å². The summed E-state index contributed by atoms with van der Waals surface area (Å²) in [6.07, 6.45) is 0.668. The number of fused-ring (bicyclic) bond motifs is 1. The van der Waals surface area contributed by atoms with Crippen LogP contribution in [-0.2, 0) is 6.54 Å². The first kappa shape index (κ1) is 18.2. The van der Waals surface area contributed by atoms with Gasteiger partial charge in [-0.05, 0) is 39.4 Å². The molecule has 0 saturated heterocycles. The van der Waals surface area contributed by atoms with Gasteiger partial charge in [0.2, 0.25) is 0 Å². The quantitative estimate of drug-likeness (QED) is 0.584. The van der Waals surface area contributed by atoms with Gasteiger partial charge >= 0.3 is 5.76 Å². The Morgan fingerprint density at radius 2 is 2.12 bits per heavy atom. The van der Waals surface area contributed by atoms with Crippen LogP contribution in [0.25, 0.3) is 11.1 Å². The number of oxazole rings is 1. The van der Waals surface area contributed by atoms with E-state index in [9.17, 15) is 20.0 Å². The van der Waals surface area contributed by atoms with Crippen molar-refractivity contribution in [3.05, 3.63) is 38.9 Å². The molecule has 0 aliphatic carbocycles. The number of hydrogen-bond acceptors (Lipinski definition) is 6. The van der Waals surface area contributed by atoms with Gasteiger partial charge in [-0.25, -0.2) is 4.79 Å². The number of nitro groups is 1. The van der Waals surface area contributed by atoms with Gasteiger partial charge in [-0.2, -0.15) is 0 Å². The van der Waals surface area contributed by atoms with Crippen molar-refractivity contribution in [1.82, 2.24) is 9.47 Å². The van der Waals surface area contributed by atoms with Gasteiger partial charge in [0.1, 0.15) is 0 Å². The van der Waals surface area contributed by atoms with Crippen molar-refractivity contribution in [3.8, 4) is 0 Å². The van der Waals surface area contributed by atoms with Crippen molar-refractivity contribution < 1.29 is 14.4 Å². The third kappa shape index (κ3) is 4.42. The van der Waals surface area contributed by atoms with Crippen LogP contribution in [0.1, 0.15) is 27.2 Å². The molecular weight excluding hydrogens is 314 g/mol. The van der Waals surface area contributed by atoms with Crippen molar-refractivity contribution in [2.45, 2.75) is 39.3 Å². The molecule has 0 aliphatic heterocycles. The average Bonchev–Trinajstić information content (AvgIpc) is 2.80. The second-order valence-corrected chi connectivity index (χ2v) is 6.46. The molecule has 1 N–H and O–H groups in total. The molecular formula is C16H23N3O5. The Morgan fingerprint density at radius 1 is 1.42 bits per heavy atom. The molecule has 24 heavy (non-hydrogen) atoms. The van der Waals surface area contributed by atoms with E-state index in [0.717, 1.165) is 6.54 Å². The number of hydrogen-bond donors (Lipinski definition) is 1. The second kappa shape index (κ2) is 7.14. The maximum atomic E-state index is 12.0. The largest absolute Gasteiger partial charge is 0.419 e. The van der Waals surface area contributed by atoms with Gasteiger partial charge in [-0.15, -0.1) is 0 Å². The van der Waals surface area contributed by atoms with Gasteiger partial charge in [-0.1, -0.05) is 6.92 Å². The monoisotopic (exact) mass is 337 g/mol. The van der Waals surface area contributed by atoms with Crippen LogP contribution in [0.5, 0.6) is 0 Å². The number of aryl methyl sites for hydroxylation is 1. The Kier molecular flexibility index (Phi) is 5.40. The van der Waals surface area contributed by atoms with Crippen molar-refractivity contribution in [2.75, 3.05) is 19.6 Å². The summed E-state index contributed by atoms with van der Waals surface area (Å²) in [5.74, 6) is -0.518. The van der Waals surface area contributed by atoms with E-state index in [-0.39, 0.29) is 5.69 Å². The standard InChI is InChI=1S/C16H23N3O5/c1-4-17(11-16(2,3)21)8-5-9-18-13-10-12(19(22)23)6-7-14(13)24-15(18)20/h6-7,10,21H,4-5,8-9,11H2,1-3H3. The molecule has 2 aromatic rings. The molecule has 1 aromatic heterocycles. The SMILES string of the molecule is CCN(CCCn1c(=O)oc2ccc([N+](=O)[O-])cc21)CC(C)(C)O.